The lowest BCUT2D eigenvalue weighted by atomic mass is 9.98. The highest BCUT2D eigenvalue weighted by Gasteiger charge is 2.20. The van der Waals surface area contributed by atoms with Crippen molar-refractivity contribution < 1.29 is 28.9 Å². The fraction of sp³-hybridized carbons (Fsp3) is 0.189. The molecule has 11 aromatic rings. The van der Waals surface area contributed by atoms with Gasteiger partial charge in [-0.25, -0.2) is 14.4 Å². The van der Waals surface area contributed by atoms with Gasteiger partial charge in [-0.3, -0.25) is 0 Å². The first-order valence-corrected chi connectivity index (χ1v) is 29.2. The number of benzene rings is 8. The molecule has 0 saturated heterocycles. The summed E-state index contributed by atoms with van der Waals surface area (Å²) in [5.41, 5.74) is 17.8. The molecule has 0 bridgehead atoms. The highest BCUT2D eigenvalue weighted by molar-refractivity contribution is 6.13. The van der Waals surface area contributed by atoms with Crippen molar-refractivity contribution >= 4 is 67.8 Å². The number of hydrogen-bond donors (Lipinski definition) is 0. The van der Waals surface area contributed by atoms with Crippen LogP contribution in [0.2, 0.25) is 0 Å². The molecule has 0 aliphatic rings. The third-order valence-electron chi connectivity index (χ3n) is 15.1. The van der Waals surface area contributed by atoms with Crippen LogP contribution in [0.3, 0.4) is 0 Å². The van der Waals surface area contributed by atoms with Crippen molar-refractivity contribution in [3.05, 3.63) is 280 Å². The van der Waals surface area contributed by atoms with E-state index >= 15 is 0 Å². The normalized spacial score (nSPS) is 11.6. The molecule has 3 heterocycles. The minimum atomic E-state index is -0.343. The van der Waals surface area contributed by atoms with Crippen molar-refractivity contribution in [3.63, 3.8) is 0 Å². The van der Waals surface area contributed by atoms with Gasteiger partial charge in [0.05, 0.1) is 22.7 Å². The second-order valence-electron chi connectivity index (χ2n) is 21.0. The zero-order valence-corrected chi connectivity index (χ0v) is 49.9. The number of nitrogens with zero attached hydrogens (tertiary/aromatic N) is 6. The predicted octanol–water partition coefficient (Wildman–Crippen LogP) is 16.1. The number of rotatable bonds is 18. The average molecular weight is 1140 g/mol. The largest absolute Gasteiger partial charge is 0.350 e. The third kappa shape index (κ3) is 15.1. The SMILES string of the molecule is CCC(=O)O/N=C(\Cc1ccccc1C)c1cn(-c2ccccc2)c2ccccc12.CCC(=O)O/N=C(\Cc1ccccc1C)c1cn(C)c2ccccc12.CCC(=O)O/N=C(\Cc1ccccc1C)c1cn(Cc2ccccc2)c2ccccc12. The lowest BCUT2D eigenvalue weighted by molar-refractivity contribution is -0.144. The van der Waals surface area contributed by atoms with Gasteiger partial charge in [-0.15, -0.1) is 0 Å². The quantitative estimate of drug-likeness (QED) is 0.0478. The lowest BCUT2D eigenvalue weighted by Crippen LogP contribution is -2.09. The van der Waals surface area contributed by atoms with Gasteiger partial charge < -0.3 is 28.2 Å². The van der Waals surface area contributed by atoms with Crippen LogP contribution in [0.25, 0.3) is 38.4 Å². The molecule has 11 rings (SSSR count). The monoisotopic (exact) mass is 1140 g/mol. The maximum atomic E-state index is 11.8. The van der Waals surface area contributed by atoms with E-state index in [1.54, 1.807) is 20.8 Å². The summed E-state index contributed by atoms with van der Waals surface area (Å²) in [5, 5.41) is 16.1. The molecule has 0 N–H and O–H groups in total. The first-order valence-electron chi connectivity index (χ1n) is 29.2. The minimum absolute atomic E-state index is 0.285. The van der Waals surface area contributed by atoms with Crippen molar-refractivity contribution in [3.8, 4) is 5.69 Å². The third-order valence-corrected chi connectivity index (χ3v) is 15.1. The molecular formula is C74H72N6O6. The molecule has 434 valence electrons. The first-order chi connectivity index (χ1) is 41.9. The Hall–Kier alpha value is -10.2. The Kier molecular flexibility index (Phi) is 20.6. The molecule has 0 aliphatic carbocycles. The first kappa shape index (κ1) is 60.4. The summed E-state index contributed by atoms with van der Waals surface area (Å²) >= 11 is 0. The molecule has 86 heavy (non-hydrogen) atoms. The van der Waals surface area contributed by atoms with E-state index in [1.807, 2.05) is 110 Å². The maximum Gasteiger partial charge on any atom is 0.334 e. The van der Waals surface area contributed by atoms with Crippen molar-refractivity contribution in [1.29, 1.82) is 0 Å². The second-order valence-corrected chi connectivity index (χ2v) is 21.0. The van der Waals surface area contributed by atoms with E-state index < -0.39 is 0 Å². The number of carbonyl (C=O) groups is 3. The minimum Gasteiger partial charge on any atom is -0.350 e. The van der Waals surface area contributed by atoms with Crippen molar-refractivity contribution in [2.24, 2.45) is 22.5 Å². The van der Waals surface area contributed by atoms with E-state index in [4.69, 9.17) is 14.5 Å². The van der Waals surface area contributed by atoms with Gasteiger partial charge >= 0.3 is 17.9 Å². The number of aryl methyl sites for hydroxylation is 4. The fourth-order valence-electron chi connectivity index (χ4n) is 10.2. The maximum absolute atomic E-state index is 11.8. The molecule has 0 saturated carbocycles. The summed E-state index contributed by atoms with van der Waals surface area (Å²) in [4.78, 5) is 50.8. The van der Waals surface area contributed by atoms with Crippen LogP contribution in [0, 0.1) is 20.8 Å². The highest BCUT2D eigenvalue weighted by atomic mass is 16.7. The van der Waals surface area contributed by atoms with Gasteiger partial charge in [0, 0.05) is 120 Å². The van der Waals surface area contributed by atoms with E-state index in [1.165, 1.54) is 27.8 Å². The van der Waals surface area contributed by atoms with Crippen LogP contribution in [0.1, 0.15) is 95.7 Å². The molecule has 0 radical (unpaired) electrons. The van der Waals surface area contributed by atoms with E-state index in [9.17, 15) is 14.4 Å². The zero-order chi connectivity index (χ0) is 60.4. The second kappa shape index (κ2) is 29.4. The molecule has 0 unspecified atom stereocenters. The van der Waals surface area contributed by atoms with Crippen LogP contribution in [-0.2, 0) is 61.8 Å². The van der Waals surface area contributed by atoms with Crippen LogP contribution < -0.4 is 0 Å². The van der Waals surface area contributed by atoms with Crippen LogP contribution in [0.15, 0.2) is 240 Å². The van der Waals surface area contributed by atoms with Gasteiger partial charge in [-0.1, -0.05) is 212 Å². The Morgan fingerprint density at radius 1 is 0.384 bits per heavy atom. The van der Waals surface area contributed by atoms with Crippen LogP contribution in [0.4, 0.5) is 0 Å². The number of carbonyl (C=O) groups excluding carboxylic acids is 3. The smallest absolute Gasteiger partial charge is 0.334 e. The van der Waals surface area contributed by atoms with Crippen molar-refractivity contribution in [1.82, 2.24) is 13.7 Å². The molecule has 0 spiro atoms. The predicted molar refractivity (Wildman–Crippen MR) is 347 cm³/mol. The zero-order valence-electron chi connectivity index (χ0n) is 49.9. The molecule has 12 heteroatoms. The Morgan fingerprint density at radius 2 is 0.733 bits per heavy atom. The Morgan fingerprint density at radius 3 is 1.19 bits per heavy atom. The number of para-hydroxylation sites is 4. The van der Waals surface area contributed by atoms with E-state index in [-0.39, 0.29) is 30.7 Å². The summed E-state index contributed by atoms with van der Waals surface area (Å²) in [6.07, 6.45) is 8.89. The lowest BCUT2D eigenvalue weighted by Gasteiger charge is -2.08. The highest BCUT2D eigenvalue weighted by Crippen LogP contribution is 2.29. The summed E-state index contributed by atoms with van der Waals surface area (Å²) in [7, 11) is 2.01. The average Bonchev–Trinajstić information content (AvgIpc) is 2.35. The van der Waals surface area contributed by atoms with E-state index in [2.05, 4.69) is 172 Å². The molecule has 0 amide bonds. The van der Waals surface area contributed by atoms with Crippen molar-refractivity contribution in [2.75, 3.05) is 0 Å². The van der Waals surface area contributed by atoms with Gasteiger partial charge in [0.25, 0.3) is 0 Å². The summed E-state index contributed by atoms with van der Waals surface area (Å²) < 4.78 is 6.45. The summed E-state index contributed by atoms with van der Waals surface area (Å²) in [5.74, 6) is -1.01. The van der Waals surface area contributed by atoms with Crippen LogP contribution in [0.5, 0.6) is 0 Å². The van der Waals surface area contributed by atoms with Crippen molar-refractivity contribution in [2.45, 2.75) is 86.6 Å². The van der Waals surface area contributed by atoms with Crippen LogP contribution in [-0.4, -0.2) is 48.7 Å². The van der Waals surface area contributed by atoms with Crippen LogP contribution >= 0.6 is 0 Å². The van der Waals surface area contributed by atoms with Gasteiger partial charge in [0.1, 0.15) is 0 Å². The Bertz CT molecular complexity index is 4220. The number of aromatic nitrogens is 3. The Labute approximate surface area is 503 Å². The molecule has 0 atom stereocenters. The van der Waals surface area contributed by atoms with E-state index in [0.29, 0.717) is 25.7 Å². The molecule has 0 fully saturated rings. The van der Waals surface area contributed by atoms with Gasteiger partial charge in [0.2, 0.25) is 0 Å². The summed E-state index contributed by atoms with van der Waals surface area (Å²) in [6, 6.07) is 69.9. The molecular weight excluding hydrogens is 1070 g/mol. The summed E-state index contributed by atoms with van der Waals surface area (Å²) in [6.45, 7) is 12.3. The number of fused-ring (bicyclic) bond motifs is 3. The number of hydrogen-bond acceptors (Lipinski definition) is 9. The van der Waals surface area contributed by atoms with Gasteiger partial charge in [0.15, 0.2) is 0 Å². The Balaban J connectivity index is 0.000000155. The molecule has 8 aromatic carbocycles. The fourth-order valence-corrected chi connectivity index (χ4v) is 10.2. The molecule has 12 nitrogen and oxygen atoms in total. The van der Waals surface area contributed by atoms with Gasteiger partial charge in [-0.2, -0.15) is 0 Å². The topological polar surface area (TPSA) is 131 Å². The standard InChI is InChI=1S/C27H26N2O2.C26H24N2O2.C21H22N2O2/c1-3-27(30)31-28-25(17-22-14-8-7-11-20(22)2)24-19-29(18-21-12-5-4-6-13-21)26-16-10-9-15-23(24)26;1-3-26(29)30-27-24(17-20-12-8-7-11-19(20)2)23-18-28(21-13-5-4-6-14-21)25-16-10-9-15-22(23)25;1-4-21(24)25-22-19(13-16-10-6-5-9-15(16)2)18-14-23(3)20-12-8-7-11-17(18)20/h4-16,19H,3,17-18H2,1-2H3;4-16,18H,3,17H2,1-2H3;5-12,14H,4,13H2,1-3H3/b28-25+;27-24+;22-19+. The molecule has 3 aromatic heterocycles. The molecule has 0 aliphatic heterocycles. The van der Waals surface area contributed by atoms with E-state index in [0.717, 1.165) is 89.9 Å². The number of oxime groups is 3. The van der Waals surface area contributed by atoms with Gasteiger partial charge in [-0.05, 0) is 90.0 Å².